The average molecular weight is 435 g/mol. The molecule has 8 nitrogen and oxygen atoms in total. The molecule has 1 N–H and O–H groups in total. The minimum atomic E-state index is -3.73. The normalized spacial score (nSPS) is 34.2. The van der Waals surface area contributed by atoms with Gasteiger partial charge < -0.3 is 10.2 Å². The highest BCUT2D eigenvalue weighted by Crippen LogP contribution is 2.59. The Balaban J connectivity index is 1.37. The molecule has 3 saturated carbocycles. The molecule has 0 spiro atoms. The first-order chi connectivity index (χ1) is 14.3. The summed E-state index contributed by atoms with van der Waals surface area (Å²) in [5.41, 5.74) is 0.306. The second-order valence-corrected chi connectivity index (χ2v) is 11.5. The van der Waals surface area contributed by atoms with Crippen molar-refractivity contribution in [1.82, 2.24) is 9.21 Å². The van der Waals surface area contributed by atoms with Gasteiger partial charge in [-0.3, -0.25) is 10.1 Å². The van der Waals surface area contributed by atoms with Gasteiger partial charge >= 0.3 is 0 Å². The van der Waals surface area contributed by atoms with Crippen LogP contribution in [0.25, 0.3) is 0 Å². The van der Waals surface area contributed by atoms with E-state index in [1.807, 2.05) is 7.05 Å². The van der Waals surface area contributed by atoms with E-state index in [0.29, 0.717) is 37.8 Å². The molecule has 5 atom stereocenters. The quantitative estimate of drug-likeness (QED) is 0.566. The number of likely N-dealkylation sites (N-methyl/N-ethyl adjacent to an activating group) is 1. The number of anilines is 1. The Hall–Kier alpha value is -1.71. The van der Waals surface area contributed by atoms with Crippen LogP contribution < -0.4 is 5.32 Å². The molecule has 4 fully saturated rings. The highest BCUT2D eigenvalue weighted by atomic mass is 32.2. The largest absolute Gasteiger partial charge is 0.376 e. The number of rotatable bonds is 5. The first-order valence-corrected chi connectivity index (χ1v) is 12.5. The summed E-state index contributed by atoms with van der Waals surface area (Å²) >= 11 is 0. The summed E-state index contributed by atoms with van der Waals surface area (Å²) in [7, 11) is -1.77. The van der Waals surface area contributed by atoms with Crippen LogP contribution in [0.1, 0.15) is 32.1 Å². The maximum absolute atomic E-state index is 13.0. The third kappa shape index (κ3) is 3.31. The zero-order valence-electron chi connectivity index (χ0n) is 17.4. The number of sulfonamides is 1. The fourth-order valence-corrected chi connectivity index (χ4v) is 8.00. The molecule has 0 aromatic heterocycles. The summed E-state index contributed by atoms with van der Waals surface area (Å²) < 4.78 is 27.5. The molecule has 0 amide bonds. The fraction of sp³-hybridized carbons (Fsp3) is 0.714. The maximum atomic E-state index is 13.0. The molecular formula is C21H30N4O4S. The van der Waals surface area contributed by atoms with E-state index in [1.54, 1.807) is 6.07 Å². The van der Waals surface area contributed by atoms with Gasteiger partial charge in [0.1, 0.15) is 5.69 Å². The molecule has 1 heterocycles. The first kappa shape index (κ1) is 20.2. The number of nitro benzene ring substituents is 1. The van der Waals surface area contributed by atoms with Crippen molar-refractivity contribution in [2.45, 2.75) is 43.0 Å². The van der Waals surface area contributed by atoms with Gasteiger partial charge in [0.05, 0.1) is 9.82 Å². The molecule has 30 heavy (non-hydrogen) atoms. The number of nitro groups is 1. The molecule has 5 rings (SSSR count). The molecule has 0 unspecified atom stereocenters. The van der Waals surface area contributed by atoms with Gasteiger partial charge in [-0.25, -0.2) is 8.42 Å². The van der Waals surface area contributed by atoms with Gasteiger partial charge in [-0.15, -0.1) is 0 Å². The number of fused-ring (bicyclic) bond motifs is 5. The molecule has 3 aliphatic carbocycles. The predicted octanol–water partition coefficient (Wildman–Crippen LogP) is 2.77. The van der Waals surface area contributed by atoms with E-state index in [1.165, 1.54) is 42.1 Å². The molecule has 9 heteroatoms. The molecule has 4 aliphatic rings. The van der Waals surface area contributed by atoms with Crippen molar-refractivity contribution in [3.63, 3.8) is 0 Å². The lowest BCUT2D eigenvalue weighted by molar-refractivity contribution is -0.384. The van der Waals surface area contributed by atoms with Gasteiger partial charge in [-0.05, 0) is 68.5 Å². The van der Waals surface area contributed by atoms with Gasteiger partial charge in [0.2, 0.25) is 10.0 Å². The molecule has 0 radical (unpaired) electrons. The van der Waals surface area contributed by atoms with Crippen molar-refractivity contribution in [2.24, 2.45) is 23.7 Å². The number of piperazine rings is 1. The molecule has 1 saturated heterocycles. The van der Waals surface area contributed by atoms with Gasteiger partial charge in [0, 0.05) is 38.3 Å². The Morgan fingerprint density at radius 1 is 1.07 bits per heavy atom. The van der Waals surface area contributed by atoms with Crippen LogP contribution in [0, 0.1) is 33.8 Å². The lowest BCUT2D eigenvalue weighted by Crippen LogP contribution is -2.47. The van der Waals surface area contributed by atoms with E-state index in [4.69, 9.17) is 0 Å². The molecule has 1 aromatic rings. The highest BCUT2D eigenvalue weighted by Gasteiger charge is 2.53. The van der Waals surface area contributed by atoms with Gasteiger partial charge in [0.15, 0.2) is 0 Å². The molecule has 164 valence electrons. The zero-order valence-corrected chi connectivity index (χ0v) is 18.2. The van der Waals surface area contributed by atoms with Crippen LogP contribution >= 0.6 is 0 Å². The standard InChI is InChI=1S/C21H30N4O4S/c1-23-7-9-24(10-8-23)30(28,29)15-5-6-19(21(13-15)25(26)27)22-20-12-14-11-18(20)17-4-2-3-16(14)17/h5-6,13-14,16-18,20,22H,2-4,7-12H2,1H3/t14-,16-,17+,18+,20-/m1/s1. The minimum absolute atomic E-state index is 0.00750. The second kappa shape index (κ2) is 7.46. The fourth-order valence-electron chi connectivity index (χ4n) is 6.56. The smallest absolute Gasteiger partial charge is 0.293 e. The Morgan fingerprint density at radius 2 is 1.80 bits per heavy atom. The van der Waals surface area contributed by atoms with Crippen LogP contribution in [-0.2, 0) is 10.0 Å². The molecule has 2 bridgehead atoms. The van der Waals surface area contributed by atoms with E-state index in [2.05, 4.69) is 10.2 Å². The summed E-state index contributed by atoms with van der Waals surface area (Å²) in [5, 5.41) is 15.2. The van der Waals surface area contributed by atoms with Crippen molar-refractivity contribution in [2.75, 3.05) is 38.5 Å². The highest BCUT2D eigenvalue weighted by molar-refractivity contribution is 7.89. The Bertz CT molecular complexity index is 944. The van der Waals surface area contributed by atoms with Crippen LogP contribution in [0.3, 0.4) is 0 Å². The van der Waals surface area contributed by atoms with Crippen LogP contribution in [-0.4, -0.2) is 61.8 Å². The van der Waals surface area contributed by atoms with Gasteiger partial charge in [-0.1, -0.05) is 6.42 Å². The van der Waals surface area contributed by atoms with E-state index in [-0.39, 0.29) is 16.6 Å². The number of hydrogen-bond donors (Lipinski definition) is 1. The first-order valence-electron chi connectivity index (χ1n) is 11.1. The summed E-state index contributed by atoms with van der Waals surface area (Å²) in [6.45, 7) is 2.13. The maximum Gasteiger partial charge on any atom is 0.293 e. The third-order valence-electron chi connectivity index (χ3n) is 8.04. The summed E-state index contributed by atoms with van der Waals surface area (Å²) in [6.07, 6.45) is 6.25. The number of nitrogens with one attached hydrogen (secondary N) is 1. The molecular weight excluding hydrogens is 404 g/mol. The Labute approximate surface area is 177 Å². The molecule has 1 aromatic carbocycles. The van der Waals surface area contributed by atoms with Crippen molar-refractivity contribution in [1.29, 1.82) is 0 Å². The summed E-state index contributed by atoms with van der Waals surface area (Å²) in [4.78, 5) is 13.4. The van der Waals surface area contributed by atoms with Crippen LogP contribution in [0.4, 0.5) is 11.4 Å². The summed E-state index contributed by atoms with van der Waals surface area (Å²) in [6, 6.07) is 4.61. The monoisotopic (exact) mass is 434 g/mol. The van der Waals surface area contributed by atoms with Gasteiger partial charge in [0.25, 0.3) is 5.69 Å². The van der Waals surface area contributed by atoms with Crippen LogP contribution in [0.5, 0.6) is 0 Å². The zero-order chi connectivity index (χ0) is 21.0. The second-order valence-electron chi connectivity index (χ2n) is 9.55. The van der Waals surface area contributed by atoms with Crippen LogP contribution in [0.2, 0.25) is 0 Å². The van der Waals surface area contributed by atoms with E-state index in [9.17, 15) is 18.5 Å². The van der Waals surface area contributed by atoms with Crippen molar-refractivity contribution < 1.29 is 13.3 Å². The SMILES string of the molecule is CN1CCN(S(=O)(=O)c2ccc(N[C@@H]3C[C@H]4C[C@H]3[C@H]3CCC[C@H]43)c([N+](=O)[O-])c2)CC1. The number of benzene rings is 1. The van der Waals surface area contributed by atoms with E-state index < -0.39 is 14.9 Å². The van der Waals surface area contributed by atoms with E-state index >= 15 is 0 Å². The third-order valence-corrected chi connectivity index (χ3v) is 9.93. The summed E-state index contributed by atoms with van der Waals surface area (Å²) in [5.74, 6) is 2.96. The van der Waals surface area contributed by atoms with Crippen molar-refractivity contribution >= 4 is 21.4 Å². The number of nitrogens with zero attached hydrogens (tertiary/aromatic N) is 3. The lowest BCUT2D eigenvalue weighted by atomic mass is 9.79. The van der Waals surface area contributed by atoms with Crippen molar-refractivity contribution in [3.8, 4) is 0 Å². The Morgan fingerprint density at radius 3 is 2.53 bits per heavy atom. The Kier molecular flexibility index (Phi) is 5.02. The average Bonchev–Trinajstić information content (AvgIpc) is 3.42. The van der Waals surface area contributed by atoms with Crippen molar-refractivity contribution in [3.05, 3.63) is 28.3 Å². The van der Waals surface area contributed by atoms with Crippen LogP contribution in [0.15, 0.2) is 23.1 Å². The van der Waals surface area contributed by atoms with E-state index in [0.717, 1.165) is 24.2 Å². The topological polar surface area (TPSA) is 95.8 Å². The number of hydrogen-bond acceptors (Lipinski definition) is 6. The predicted molar refractivity (Wildman–Crippen MR) is 114 cm³/mol. The lowest BCUT2D eigenvalue weighted by Gasteiger charge is -2.33. The van der Waals surface area contributed by atoms with Gasteiger partial charge in [-0.2, -0.15) is 4.31 Å². The minimum Gasteiger partial charge on any atom is -0.376 e. The molecule has 1 aliphatic heterocycles.